The Morgan fingerprint density at radius 2 is 2.00 bits per heavy atom. The molecule has 0 aliphatic carbocycles. The second-order valence-corrected chi connectivity index (χ2v) is 6.52. The molecule has 134 valence electrons. The fraction of sp³-hybridized carbons (Fsp3) is 0.625. The van der Waals surface area contributed by atoms with Crippen molar-refractivity contribution in [2.75, 3.05) is 13.2 Å². The summed E-state index contributed by atoms with van der Waals surface area (Å²) in [5.41, 5.74) is 0.00393. The summed E-state index contributed by atoms with van der Waals surface area (Å²) in [6, 6.07) is 1.42. The second-order valence-electron chi connectivity index (χ2n) is 6.52. The molecule has 1 aliphatic heterocycles. The predicted octanol–water partition coefficient (Wildman–Crippen LogP) is 3.35. The lowest BCUT2D eigenvalue weighted by atomic mass is 10.1. The number of alkyl halides is 2. The van der Waals surface area contributed by atoms with Crippen LogP contribution in [0, 0.1) is 0 Å². The van der Waals surface area contributed by atoms with Crippen molar-refractivity contribution >= 4 is 12.1 Å². The number of hydrogen-bond donors (Lipinski definition) is 0. The van der Waals surface area contributed by atoms with E-state index in [0.29, 0.717) is 23.1 Å². The van der Waals surface area contributed by atoms with Crippen molar-refractivity contribution in [2.24, 2.45) is 0 Å². The van der Waals surface area contributed by atoms with Gasteiger partial charge in [0.2, 0.25) is 0 Å². The number of ether oxygens (including phenoxy) is 2. The highest BCUT2D eigenvalue weighted by Crippen LogP contribution is 2.29. The van der Waals surface area contributed by atoms with Crippen LogP contribution in [-0.2, 0) is 22.4 Å². The Morgan fingerprint density at radius 1 is 1.33 bits per heavy atom. The molecule has 0 saturated heterocycles. The quantitative estimate of drug-likeness (QED) is 0.789. The zero-order valence-corrected chi connectivity index (χ0v) is 14.3. The van der Waals surface area contributed by atoms with Crippen molar-refractivity contribution < 1.29 is 27.8 Å². The minimum absolute atomic E-state index is 0.0337. The van der Waals surface area contributed by atoms with Crippen LogP contribution >= 0.6 is 0 Å². The molecule has 0 bridgehead atoms. The number of carbonyl (C=O) groups excluding carboxylic acids is 2. The summed E-state index contributed by atoms with van der Waals surface area (Å²) >= 11 is 0. The summed E-state index contributed by atoms with van der Waals surface area (Å²) < 4.78 is 37.7. The van der Waals surface area contributed by atoms with Gasteiger partial charge in [0.15, 0.2) is 0 Å². The second kappa shape index (κ2) is 6.78. The monoisotopic (exact) mass is 344 g/mol. The Bertz CT molecular complexity index is 635. The van der Waals surface area contributed by atoms with E-state index in [-0.39, 0.29) is 24.5 Å². The van der Waals surface area contributed by atoms with Gasteiger partial charge in [-0.15, -0.1) is 0 Å². The van der Waals surface area contributed by atoms with Crippen molar-refractivity contribution in [3.8, 4) is 0 Å². The number of esters is 1. The van der Waals surface area contributed by atoms with Crippen molar-refractivity contribution in [1.29, 1.82) is 0 Å². The normalized spacial score (nSPS) is 14.5. The maximum absolute atomic E-state index is 13.5. The van der Waals surface area contributed by atoms with E-state index in [0.717, 1.165) is 0 Å². The van der Waals surface area contributed by atoms with Gasteiger partial charge in [-0.1, -0.05) is 0 Å². The van der Waals surface area contributed by atoms with Gasteiger partial charge in [0, 0.05) is 12.2 Å². The molecule has 0 spiro atoms. The van der Waals surface area contributed by atoms with E-state index in [2.05, 4.69) is 0 Å². The van der Waals surface area contributed by atoms with Crippen LogP contribution in [0.1, 0.15) is 56.0 Å². The first-order valence-corrected chi connectivity index (χ1v) is 7.80. The number of hydrogen-bond acceptors (Lipinski definition) is 4. The number of aromatic nitrogens is 1. The molecule has 0 saturated carbocycles. The number of nitrogens with zero attached hydrogens (tertiary/aromatic N) is 2. The van der Waals surface area contributed by atoms with Crippen molar-refractivity contribution in [2.45, 2.75) is 52.8 Å². The Labute approximate surface area is 139 Å². The summed E-state index contributed by atoms with van der Waals surface area (Å²) in [6.45, 7) is 4.33. The van der Waals surface area contributed by atoms with E-state index in [1.165, 1.54) is 11.0 Å². The van der Waals surface area contributed by atoms with E-state index < -0.39 is 24.2 Å². The topological polar surface area (TPSA) is 60.8 Å². The Morgan fingerprint density at radius 3 is 2.54 bits per heavy atom. The van der Waals surface area contributed by atoms with Crippen LogP contribution in [0.25, 0.3) is 0 Å². The van der Waals surface area contributed by atoms with E-state index in [1.54, 1.807) is 27.7 Å². The van der Waals surface area contributed by atoms with Gasteiger partial charge < -0.3 is 14.4 Å². The molecule has 1 aromatic heterocycles. The maximum atomic E-state index is 13.5. The number of rotatable bonds is 3. The van der Waals surface area contributed by atoms with E-state index in [1.807, 2.05) is 0 Å². The van der Waals surface area contributed by atoms with Crippen LogP contribution in [-0.4, -0.2) is 40.3 Å². The van der Waals surface area contributed by atoms with Crippen molar-refractivity contribution in [3.63, 3.8) is 0 Å². The van der Waals surface area contributed by atoms with Crippen molar-refractivity contribution in [1.82, 2.24) is 9.47 Å². The summed E-state index contributed by atoms with van der Waals surface area (Å²) in [6.07, 6.45) is -0.186. The molecule has 0 radical (unpaired) electrons. The lowest BCUT2D eigenvalue weighted by Crippen LogP contribution is -2.40. The van der Waals surface area contributed by atoms with E-state index >= 15 is 0 Å². The molecule has 6 nitrogen and oxygen atoms in total. The molecule has 0 aromatic carbocycles. The van der Waals surface area contributed by atoms with Gasteiger partial charge >= 0.3 is 18.6 Å². The number of halogens is 2. The molecule has 1 aromatic rings. The summed E-state index contributed by atoms with van der Waals surface area (Å²) in [7, 11) is 0. The highest BCUT2D eigenvalue weighted by molar-refractivity contribution is 5.88. The third kappa shape index (κ3) is 3.85. The highest BCUT2D eigenvalue weighted by Gasteiger charge is 2.32. The molecular weight excluding hydrogens is 322 g/mol. The van der Waals surface area contributed by atoms with Crippen LogP contribution in [0.15, 0.2) is 6.07 Å². The van der Waals surface area contributed by atoms with Crippen LogP contribution in [0.5, 0.6) is 0 Å². The van der Waals surface area contributed by atoms with Gasteiger partial charge in [0.05, 0.1) is 13.2 Å². The Hall–Kier alpha value is -2.12. The van der Waals surface area contributed by atoms with Gasteiger partial charge in [0.1, 0.15) is 11.3 Å². The first kappa shape index (κ1) is 18.2. The summed E-state index contributed by atoms with van der Waals surface area (Å²) in [4.78, 5) is 25.4. The number of amides is 1. The van der Waals surface area contributed by atoms with E-state index in [9.17, 15) is 18.4 Å². The standard InChI is InChI=1S/C16H22F2N2O4/c1-5-23-13(21)11-8-10-6-7-19(15(22)24-16(2,3)4)9-12(10)20(11)14(17)18/h8,14H,5-7,9H2,1-4H3. The molecule has 0 fully saturated rings. The molecule has 0 unspecified atom stereocenters. The molecule has 8 heteroatoms. The van der Waals surface area contributed by atoms with Crippen LogP contribution in [0.2, 0.25) is 0 Å². The van der Waals surface area contributed by atoms with Crippen LogP contribution < -0.4 is 0 Å². The molecule has 2 heterocycles. The Kier molecular flexibility index (Phi) is 5.15. The lowest BCUT2D eigenvalue weighted by Gasteiger charge is -2.30. The summed E-state index contributed by atoms with van der Waals surface area (Å²) in [5.74, 6) is -0.795. The van der Waals surface area contributed by atoms with Gasteiger partial charge in [-0.3, -0.25) is 4.57 Å². The molecule has 2 rings (SSSR count). The minimum Gasteiger partial charge on any atom is -0.461 e. The number of fused-ring (bicyclic) bond motifs is 1. The molecule has 24 heavy (non-hydrogen) atoms. The molecule has 0 N–H and O–H groups in total. The third-order valence-corrected chi connectivity index (χ3v) is 3.56. The van der Waals surface area contributed by atoms with Crippen LogP contribution in [0.3, 0.4) is 0 Å². The van der Waals surface area contributed by atoms with Crippen molar-refractivity contribution in [3.05, 3.63) is 23.0 Å². The fourth-order valence-corrected chi connectivity index (χ4v) is 2.59. The average molecular weight is 344 g/mol. The highest BCUT2D eigenvalue weighted by atomic mass is 19.3. The van der Waals surface area contributed by atoms with Crippen LogP contribution in [0.4, 0.5) is 13.6 Å². The van der Waals surface area contributed by atoms with Gasteiger partial charge in [0.25, 0.3) is 0 Å². The largest absolute Gasteiger partial charge is 0.461 e. The molecular formula is C16H22F2N2O4. The first-order valence-electron chi connectivity index (χ1n) is 7.80. The SMILES string of the molecule is CCOC(=O)c1cc2c(n1C(F)F)CN(C(=O)OC(C)(C)C)CC2. The zero-order chi connectivity index (χ0) is 18.1. The maximum Gasteiger partial charge on any atom is 0.410 e. The molecule has 1 amide bonds. The van der Waals surface area contributed by atoms with E-state index in [4.69, 9.17) is 9.47 Å². The summed E-state index contributed by atoms with van der Waals surface area (Å²) in [5, 5.41) is 0. The smallest absolute Gasteiger partial charge is 0.410 e. The molecule has 0 atom stereocenters. The fourth-order valence-electron chi connectivity index (χ4n) is 2.59. The molecule has 1 aliphatic rings. The first-order chi connectivity index (χ1) is 11.1. The van der Waals surface area contributed by atoms with Gasteiger partial charge in [-0.05, 0) is 45.7 Å². The van der Waals surface area contributed by atoms with Gasteiger partial charge in [-0.2, -0.15) is 8.78 Å². The lowest BCUT2D eigenvalue weighted by molar-refractivity contribution is 0.0187. The average Bonchev–Trinajstić information content (AvgIpc) is 2.84. The predicted molar refractivity (Wildman–Crippen MR) is 82.0 cm³/mol. The Balaban J connectivity index is 2.30. The van der Waals surface area contributed by atoms with Gasteiger partial charge in [-0.25, -0.2) is 9.59 Å². The number of carbonyl (C=O) groups is 2. The zero-order valence-electron chi connectivity index (χ0n) is 14.3. The third-order valence-electron chi connectivity index (χ3n) is 3.56. The minimum atomic E-state index is -2.90.